The van der Waals surface area contributed by atoms with Crippen LogP contribution in [0.1, 0.15) is 22.2 Å². The van der Waals surface area contributed by atoms with Crippen LogP contribution in [0.5, 0.6) is 0 Å². The summed E-state index contributed by atoms with van der Waals surface area (Å²) in [5.41, 5.74) is 5.78. The molecule has 0 saturated heterocycles. The highest BCUT2D eigenvalue weighted by Crippen LogP contribution is 2.14. The fourth-order valence-corrected chi connectivity index (χ4v) is 2.63. The van der Waals surface area contributed by atoms with Crippen molar-refractivity contribution in [3.05, 3.63) is 21.9 Å². The summed E-state index contributed by atoms with van der Waals surface area (Å²) in [6, 6.07) is 2.34. The van der Waals surface area contributed by atoms with Crippen molar-refractivity contribution in [3.63, 3.8) is 0 Å². The number of rotatable bonds is 6. The highest BCUT2D eigenvalue weighted by atomic mass is 32.2. The van der Waals surface area contributed by atoms with E-state index in [4.69, 9.17) is 5.73 Å². The van der Waals surface area contributed by atoms with Gasteiger partial charge in [-0.15, -0.1) is 11.3 Å². The number of nitrogens with one attached hydrogen (secondary N) is 1. The summed E-state index contributed by atoms with van der Waals surface area (Å²) in [6.07, 6.45) is 2.09. The highest BCUT2D eigenvalue weighted by molar-refractivity contribution is 7.98. The van der Waals surface area contributed by atoms with Gasteiger partial charge in [0, 0.05) is 28.6 Å². The van der Waals surface area contributed by atoms with Crippen molar-refractivity contribution in [2.45, 2.75) is 19.5 Å². The smallest absolute Gasteiger partial charge is 0.249 e. The molecule has 0 aliphatic rings. The highest BCUT2D eigenvalue weighted by Gasteiger charge is 2.05. The zero-order chi connectivity index (χ0) is 11.3. The van der Waals surface area contributed by atoms with Crippen molar-refractivity contribution < 1.29 is 4.79 Å². The third kappa shape index (κ3) is 4.24. The van der Waals surface area contributed by atoms with E-state index in [-0.39, 0.29) is 5.91 Å². The lowest BCUT2D eigenvalue weighted by Crippen LogP contribution is -2.27. The number of carbonyl (C=O) groups is 1. The Bertz CT molecular complexity index is 325. The predicted molar refractivity (Wildman–Crippen MR) is 67.5 cm³/mol. The summed E-state index contributed by atoms with van der Waals surface area (Å²) in [5, 5.41) is 5.19. The van der Waals surface area contributed by atoms with Crippen molar-refractivity contribution in [1.82, 2.24) is 5.32 Å². The molecule has 84 valence electrons. The molecule has 1 aromatic heterocycles. The van der Waals surface area contributed by atoms with E-state index in [1.807, 2.05) is 17.8 Å². The van der Waals surface area contributed by atoms with E-state index in [0.29, 0.717) is 11.6 Å². The first kappa shape index (κ1) is 12.5. The molecule has 1 atom stereocenters. The van der Waals surface area contributed by atoms with Crippen LogP contribution in [0.25, 0.3) is 0 Å². The molecular formula is C10H16N2OS2. The molecular weight excluding hydrogens is 228 g/mol. The van der Waals surface area contributed by atoms with E-state index >= 15 is 0 Å². The van der Waals surface area contributed by atoms with Crippen molar-refractivity contribution in [2.24, 2.45) is 5.73 Å². The molecule has 3 nitrogen and oxygen atoms in total. The number of hydrogen-bond acceptors (Lipinski definition) is 4. The maximum absolute atomic E-state index is 10.9. The lowest BCUT2D eigenvalue weighted by Gasteiger charge is -2.10. The van der Waals surface area contributed by atoms with E-state index in [9.17, 15) is 4.79 Å². The second-order valence-electron chi connectivity index (χ2n) is 3.40. The Balaban J connectivity index is 2.40. The Hall–Kier alpha value is -0.520. The molecule has 0 spiro atoms. The molecule has 1 aromatic rings. The first-order valence-electron chi connectivity index (χ1n) is 4.73. The van der Waals surface area contributed by atoms with Crippen LogP contribution in [0, 0.1) is 0 Å². The largest absolute Gasteiger partial charge is 0.366 e. The first-order valence-corrected chi connectivity index (χ1v) is 7.00. The minimum atomic E-state index is -0.352. The van der Waals surface area contributed by atoms with E-state index in [2.05, 4.69) is 18.5 Å². The number of carbonyl (C=O) groups excluding carboxylic acids is 1. The zero-order valence-corrected chi connectivity index (χ0v) is 10.6. The number of nitrogens with two attached hydrogens (primary N) is 1. The molecule has 0 aromatic carbocycles. The van der Waals surface area contributed by atoms with Crippen LogP contribution in [0.2, 0.25) is 0 Å². The van der Waals surface area contributed by atoms with Gasteiger partial charge in [-0.2, -0.15) is 11.8 Å². The van der Waals surface area contributed by atoms with Crippen molar-refractivity contribution in [3.8, 4) is 0 Å². The fourth-order valence-electron chi connectivity index (χ4n) is 1.19. The third-order valence-corrected chi connectivity index (χ3v) is 3.75. The molecule has 0 fully saturated rings. The Labute approximate surface area is 98.4 Å². The predicted octanol–water partition coefficient (Wildman–Crippen LogP) is 1.69. The van der Waals surface area contributed by atoms with Crippen molar-refractivity contribution in [1.29, 1.82) is 0 Å². The molecule has 0 bridgehead atoms. The number of amides is 1. The molecule has 3 N–H and O–H groups in total. The van der Waals surface area contributed by atoms with Gasteiger partial charge in [-0.05, 0) is 19.2 Å². The molecule has 1 heterocycles. The third-order valence-electron chi connectivity index (χ3n) is 1.98. The van der Waals surface area contributed by atoms with Crippen LogP contribution < -0.4 is 11.1 Å². The van der Waals surface area contributed by atoms with E-state index in [1.165, 1.54) is 0 Å². The van der Waals surface area contributed by atoms with Gasteiger partial charge in [-0.25, -0.2) is 0 Å². The van der Waals surface area contributed by atoms with Gasteiger partial charge in [0.2, 0.25) is 5.91 Å². The molecule has 0 aliphatic heterocycles. The monoisotopic (exact) mass is 244 g/mol. The standard InChI is InChI=1S/C10H16N2OS2/c1-7(5-14-2)12-4-9-3-8(6-15-9)10(11)13/h3,6-7,12H,4-5H2,1-2H3,(H2,11,13). The van der Waals surface area contributed by atoms with Gasteiger partial charge in [-0.1, -0.05) is 0 Å². The van der Waals surface area contributed by atoms with E-state index in [0.717, 1.165) is 17.2 Å². The summed E-state index contributed by atoms with van der Waals surface area (Å²) >= 11 is 3.39. The van der Waals surface area contributed by atoms with Gasteiger partial charge >= 0.3 is 0 Å². The van der Waals surface area contributed by atoms with Gasteiger partial charge in [-0.3, -0.25) is 4.79 Å². The van der Waals surface area contributed by atoms with Crippen LogP contribution in [-0.4, -0.2) is 24.0 Å². The lowest BCUT2D eigenvalue weighted by molar-refractivity contribution is 0.100. The molecule has 1 amide bonds. The minimum Gasteiger partial charge on any atom is -0.366 e. The van der Waals surface area contributed by atoms with E-state index in [1.54, 1.807) is 16.7 Å². The minimum absolute atomic E-state index is 0.352. The molecule has 1 unspecified atom stereocenters. The maximum Gasteiger partial charge on any atom is 0.249 e. The number of thioether (sulfide) groups is 1. The summed E-state index contributed by atoms with van der Waals surface area (Å²) in [6.45, 7) is 2.96. The van der Waals surface area contributed by atoms with Gasteiger partial charge in [0.1, 0.15) is 0 Å². The summed E-state index contributed by atoms with van der Waals surface area (Å²) in [7, 11) is 0. The molecule has 0 saturated carbocycles. The summed E-state index contributed by atoms with van der Waals surface area (Å²) < 4.78 is 0. The van der Waals surface area contributed by atoms with Crippen LogP contribution in [0.15, 0.2) is 11.4 Å². The molecule has 5 heteroatoms. The lowest BCUT2D eigenvalue weighted by atomic mass is 10.3. The first-order chi connectivity index (χ1) is 7.13. The van der Waals surface area contributed by atoms with Crippen molar-refractivity contribution in [2.75, 3.05) is 12.0 Å². The van der Waals surface area contributed by atoms with Gasteiger partial charge in [0.25, 0.3) is 0 Å². The second-order valence-corrected chi connectivity index (χ2v) is 5.31. The number of primary amides is 1. The van der Waals surface area contributed by atoms with Crippen LogP contribution in [0.3, 0.4) is 0 Å². The Morgan fingerprint density at radius 1 is 1.73 bits per heavy atom. The number of thiophene rings is 1. The Morgan fingerprint density at radius 2 is 2.47 bits per heavy atom. The van der Waals surface area contributed by atoms with Crippen LogP contribution in [-0.2, 0) is 6.54 Å². The molecule has 1 rings (SSSR count). The van der Waals surface area contributed by atoms with E-state index < -0.39 is 0 Å². The quantitative estimate of drug-likeness (QED) is 0.800. The molecule has 0 aliphatic carbocycles. The summed E-state index contributed by atoms with van der Waals surface area (Å²) in [4.78, 5) is 12.0. The van der Waals surface area contributed by atoms with Gasteiger partial charge in [0.05, 0.1) is 5.56 Å². The molecule has 15 heavy (non-hydrogen) atoms. The fraction of sp³-hybridized carbons (Fsp3) is 0.500. The average molecular weight is 244 g/mol. The summed E-state index contributed by atoms with van der Waals surface area (Å²) in [5.74, 6) is 0.739. The second kappa shape index (κ2) is 6.15. The maximum atomic E-state index is 10.9. The number of hydrogen-bond donors (Lipinski definition) is 2. The Morgan fingerprint density at radius 3 is 3.00 bits per heavy atom. The average Bonchev–Trinajstić information content (AvgIpc) is 2.63. The van der Waals surface area contributed by atoms with Gasteiger partial charge < -0.3 is 11.1 Å². The SMILES string of the molecule is CSCC(C)NCc1cc(C(N)=O)cs1. The van der Waals surface area contributed by atoms with Crippen molar-refractivity contribution >= 4 is 29.0 Å². The molecule has 0 radical (unpaired) electrons. The van der Waals surface area contributed by atoms with Gasteiger partial charge in [0.15, 0.2) is 0 Å². The Kier molecular flexibility index (Phi) is 5.14. The van der Waals surface area contributed by atoms with Crippen LogP contribution in [0.4, 0.5) is 0 Å². The zero-order valence-electron chi connectivity index (χ0n) is 8.95. The normalized spacial score (nSPS) is 12.7. The van der Waals surface area contributed by atoms with Crippen LogP contribution >= 0.6 is 23.1 Å². The topological polar surface area (TPSA) is 55.1 Å².